The second-order valence-corrected chi connectivity index (χ2v) is 11.6. The monoisotopic (exact) mass is 547 g/mol. The molecule has 3 heterocycles. The fourth-order valence-corrected chi connectivity index (χ4v) is 7.66. The van der Waals surface area contributed by atoms with Gasteiger partial charge >= 0.3 is 0 Å². The van der Waals surface area contributed by atoms with E-state index in [2.05, 4.69) is 131 Å². The van der Waals surface area contributed by atoms with Gasteiger partial charge in [-0.3, -0.25) is 4.98 Å². The van der Waals surface area contributed by atoms with Crippen molar-refractivity contribution >= 4 is 49.3 Å². The van der Waals surface area contributed by atoms with Gasteiger partial charge in [0.25, 0.3) is 0 Å². The summed E-state index contributed by atoms with van der Waals surface area (Å²) in [5.41, 5.74) is 12.4. The van der Waals surface area contributed by atoms with E-state index in [9.17, 15) is 0 Å². The van der Waals surface area contributed by atoms with Crippen molar-refractivity contribution in [2.45, 2.75) is 6.54 Å². The van der Waals surface area contributed by atoms with Gasteiger partial charge in [-0.25, -0.2) is 0 Å². The molecule has 3 nitrogen and oxygen atoms in total. The second-order valence-electron chi connectivity index (χ2n) is 11.6. The van der Waals surface area contributed by atoms with E-state index in [1.165, 1.54) is 82.3 Å². The lowest BCUT2D eigenvalue weighted by Crippen LogP contribution is -2.11. The Labute approximate surface area is 248 Å². The molecule has 3 heteroatoms. The zero-order valence-electron chi connectivity index (χ0n) is 23.3. The van der Waals surface area contributed by atoms with Crippen LogP contribution in [0.4, 0.5) is 0 Å². The van der Waals surface area contributed by atoms with E-state index in [0.29, 0.717) is 0 Å². The highest BCUT2D eigenvalue weighted by atomic mass is 15.0. The Morgan fingerprint density at radius 2 is 1.40 bits per heavy atom. The van der Waals surface area contributed by atoms with Crippen LogP contribution in [0.15, 0.2) is 128 Å². The molecule has 0 spiro atoms. The van der Waals surface area contributed by atoms with Crippen molar-refractivity contribution in [3.8, 4) is 39.1 Å². The van der Waals surface area contributed by atoms with Crippen LogP contribution in [0.1, 0.15) is 11.3 Å². The fourth-order valence-electron chi connectivity index (χ4n) is 7.66. The molecule has 6 aromatic carbocycles. The lowest BCUT2D eigenvalue weighted by atomic mass is 9.89. The first-order valence-electron chi connectivity index (χ1n) is 14.8. The molecule has 43 heavy (non-hydrogen) atoms. The number of pyridine rings is 1. The van der Waals surface area contributed by atoms with Crippen LogP contribution in [0, 0.1) is 0 Å². The average molecular weight is 548 g/mol. The summed E-state index contributed by atoms with van der Waals surface area (Å²) in [6, 6.07) is 40.1. The second kappa shape index (κ2) is 8.43. The van der Waals surface area contributed by atoms with E-state index < -0.39 is 0 Å². The molecule has 2 aliphatic rings. The fraction of sp³-hybridized carbons (Fsp3) is 0.0250. The first-order valence-corrected chi connectivity index (χ1v) is 14.8. The molecule has 0 amide bonds. The number of aromatic nitrogens is 2. The minimum absolute atomic E-state index is 0.805. The molecule has 0 radical (unpaired) electrons. The van der Waals surface area contributed by atoms with Crippen molar-refractivity contribution in [1.29, 1.82) is 0 Å². The first kappa shape index (κ1) is 23.0. The van der Waals surface area contributed by atoms with Gasteiger partial charge in [-0.15, -0.1) is 0 Å². The predicted octanol–water partition coefficient (Wildman–Crippen LogP) is 9.87. The highest BCUT2D eigenvalue weighted by Gasteiger charge is 2.27. The average Bonchev–Trinajstić information content (AvgIpc) is 3.58. The van der Waals surface area contributed by atoms with Gasteiger partial charge in [0.15, 0.2) is 0 Å². The topological polar surface area (TPSA) is 29.9 Å². The highest BCUT2D eigenvalue weighted by molar-refractivity contribution is 6.22. The summed E-state index contributed by atoms with van der Waals surface area (Å²) < 4.78 is 2.42. The Balaban J connectivity index is 1.31. The zero-order valence-corrected chi connectivity index (χ0v) is 23.3. The normalized spacial score (nSPS) is 13.1. The van der Waals surface area contributed by atoms with E-state index in [1.54, 1.807) is 0 Å². The van der Waals surface area contributed by atoms with E-state index >= 15 is 0 Å². The molecule has 1 aliphatic carbocycles. The van der Waals surface area contributed by atoms with Crippen molar-refractivity contribution < 1.29 is 0 Å². The van der Waals surface area contributed by atoms with Crippen LogP contribution in [0.2, 0.25) is 0 Å². The standard InChI is InChI=1S/C40H25N3/c1-4-12-30-24(7-1)15-16-32-35-23-41-18-17-36(35)43(40(30)32)28-19-27(21-42-22-28)38-29-11-3-2-8-26(29)20-34-31-13-5-9-25-10-6-14-33(37(25)31)39(34)38/h1-22,41H,23H2. The van der Waals surface area contributed by atoms with Crippen LogP contribution < -0.4 is 5.32 Å². The maximum Gasteiger partial charge on any atom is 0.0651 e. The Bertz CT molecular complexity index is 2510. The lowest BCUT2D eigenvalue weighted by Gasteiger charge is -2.17. The third-order valence-electron chi connectivity index (χ3n) is 9.42. The summed E-state index contributed by atoms with van der Waals surface area (Å²) in [5, 5.41) is 12.3. The molecule has 10 rings (SSSR count). The van der Waals surface area contributed by atoms with E-state index in [4.69, 9.17) is 4.98 Å². The molecule has 0 unspecified atom stereocenters. The molecule has 1 aliphatic heterocycles. The molecule has 0 saturated heterocycles. The van der Waals surface area contributed by atoms with Gasteiger partial charge in [-0.1, -0.05) is 97.1 Å². The summed E-state index contributed by atoms with van der Waals surface area (Å²) in [6.07, 6.45) is 8.32. The van der Waals surface area contributed by atoms with Crippen molar-refractivity contribution in [2.75, 3.05) is 0 Å². The first-order chi connectivity index (χ1) is 21.3. The Morgan fingerprint density at radius 1 is 0.605 bits per heavy atom. The summed E-state index contributed by atoms with van der Waals surface area (Å²) in [7, 11) is 0. The molecule has 1 N–H and O–H groups in total. The summed E-state index contributed by atoms with van der Waals surface area (Å²) >= 11 is 0. The van der Waals surface area contributed by atoms with Crippen LogP contribution in [-0.4, -0.2) is 9.55 Å². The third kappa shape index (κ3) is 3.06. The lowest BCUT2D eigenvalue weighted by molar-refractivity contribution is 0.855. The number of hydrogen-bond acceptors (Lipinski definition) is 2. The van der Waals surface area contributed by atoms with Gasteiger partial charge in [-0.2, -0.15) is 0 Å². The Kier molecular flexibility index (Phi) is 4.50. The molecule has 200 valence electrons. The van der Waals surface area contributed by atoms with Crippen molar-refractivity contribution in [2.24, 2.45) is 0 Å². The Morgan fingerprint density at radius 3 is 2.30 bits per heavy atom. The molecule has 0 saturated carbocycles. The summed E-state index contributed by atoms with van der Waals surface area (Å²) in [6.45, 7) is 0.805. The van der Waals surface area contributed by atoms with Crippen LogP contribution in [-0.2, 0) is 6.54 Å². The van der Waals surface area contributed by atoms with Gasteiger partial charge in [0.05, 0.1) is 23.1 Å². The van der Waals surface area contributed by atoms with Gasteiger partial charge in [-0.05, 0) is 79.2 Å². The SMILES string of the molecule is C1=Cc2c(c3ccc4ccccc4c3n2-c2cncc(-c3c4c(cc5ccccc35)-c3cccc5cccc-4c35)c2)CN1. The van der Waals surface area contributed by atoms with E-state index in [1.807, 2.05) is 12.4 Å². The summed E-state index contributed by atoms with van der Waals surface area (Å²) in [4.78, 5) is 4.92. The molecular formula is C40H25N3. The zero-order chi connectivity index (χ0) is 28.1. The molecule has 0 bridgehead atoms. The number of fused-ring (bicyclic) bond motifs is 9. The van der Waals surface area contributed by atoms with Gasteiger partial charge < -0.3 is 9.88 Å². The minimum Gasteiger partial charge on any atom is -0.387 e. The highest BCUT2D eigenvalue weighted by Crippen LogP contribution is 2.53. The van der Waals surface area contributed by atoms with Gasteiger partial charge in [0.2, 0.25) is 0 Å². The maximum atomic E-state index is 4.92. The molecule has 8 aromatic rings. The van der Waals surface area contributed by atoms with Gasteiger partial charge in [0.1, 0.15) is 0 Å². The van der Waals surface area contributed by atoms with Gasteiger partial charge in [0, 0.05) is 34.6 Å². The van der Waals surface area contributed by atoms with Crippen molar-refractivity contribution in [3.63, 3.8) is 0 Å². The quantitative estimate of drug-likeness (QED) is 0.233. The number of nitrogens with one attached hydrogen (secondary N) is 1. The van der Waals surface area contributed by atoms with Crippen LogP contribution in [0.3, 0.4) is 0 Å². The maximum absolute atomic E-state index is 4.92. The third-order valence-corrected chi connectivity index (χ3v) is 9.42. The van der Waals surface area contributed by atoms with Crippen molar-refractivity contribution in [1.82, 2.24) is 14.9 Å². The van der Waals surface area contributed by atoms with Crippen molar-refractivity contribution in [3.05, 3.63) is 139 Å². The van der Waals surface area contributed by atoms with Crippen LogP contribution in [0.5, 0.6) is 0 Å². The number of nitrogens with zero attached hydrogens (tertiary/aromatic N) is 2. The van der Waals surface area contributed by atoms with E-state index in [-0.39, 0.29) is 0 Å². The predicted molar refractivity (Wildman–Crippen MR) is 179 cm³/mol. The van der Waals surface area contributed by atoms with Crippen LogP contribution >= 0.6 is 0 Å². The minimum atomic E-state index is 0.805. The number of hydrogen-bond donors (Lipinski definition) is 1. The van der Waals surface area contributed by atoms with E-state index in [0.717, 1.165) is 17.8 Å². The Hall–Kier alpha value is -5.67. The smallest absolute Gasteiger partial charge is 0.0651 e. The molecule has 0 fully saturated rings. The molecule has 0 atom stereocenters. The van der Waals surface area contributed by atoms with Crippen LogP contribution in [0.25, 0.3) is 88.4 Å². The number of benzene rings is 6. The summed E-state index contributed by atoms with van der Waals surface area (Å²) in [5.74, 6) is 0. The largest absolute Gasteiger partial charge is 0.387 e. The molecular weight excluding hydrogens is 522 g/mol. The number of rotatable bonds is 2. The molecule has 2 aromatic heterocycles.